The van der Waals surface area contributed by atoms with Crippen molar-refractivity contribution in [3.63, 3.8) is 0 Å². The van der Waals surface area contributed by atoms with Gasteiger partial charge in [0.15, 0.2) is 54.1 Å². The summed E-state index contributed by atoms with van der Waals surface area (Å²) in [7, 11) is 1.38. The number of rotatable bonds is 14. The fourth-order valence-corrected chi connectivity index (χ4v) is 7.31. The first-order chi connectivity index (χ1) is 30.1. The van der Waals surface area contributed by atoms with Crippen LogP contribution < -0.4 is 18.9 Å². The van der Waals surface area contributed by atoms with E-state index in [4.69, 9.17) is 61.6 Å². The Balaban J connectivity index is 1.51. The Morgan fingerprint density at radius 2 is 1.17 bits per heavy atom. The van der Waals surface area contributed by atoms with Crippen LogP contribution in [0.4, 0.5) is 0 Å². The lowest BCUT2D eigenvalue weighted by Gasteiger charge is -2.46. The third-order valence-corrected chi connectivity index (χ3v) is 9.59. The Morgan fingerprint density at radius 1 is 0.641 bits per heavy atom. The number of benzene rings is 2. The van der Waals surface area contributed by atoms with Gasteiger partial charge in [-0.1, -0.05) is 6.07 Å². The van der Waals surface area contributed by atoms with Gasteiger partial charge in [0.1, 0.15) is 35.0 Å². The maximum Gasteiger partial charge on any atom is 0.308 e. The van der Waals surface area contributed by atoms with E-state index in [1.807, 2.05) is 0 Å². The average Bonchev–Trinajstić information content (AvgIpc) is 3.17. The van der Waals surface area contributed by atoms with Crippen LogP contribution in [-0.2, 0) is 76.2 Å². The van der Waals surface area contributed by atoms with Crippen LogP contribution in [0.15, 0.2) is 30.3 Å². The fourth-order valence-electron chi connectivity index (χ4n) is 7.31. The smallest absolute Gasteiger partial charge is 0.308 e. The Kier molecular flexibility index (Phi) is 15.7. The molecular formula is C42H48O22. The summed E-state index contributed by atoms with van der Waals surface area (Å²) in [4.78, 5) is 99.4. The van der Waals surface area contributed by atoms with Gasteiger partial charge in [-0.25, -0.2) is 0 Å². The van der Waals surface area contributed by atoms with Gasteiger partial charge in [0.05, 0.1) is 26.2 Å². The molecule has 0 aliphatic carbocycles. The van der Waals surface area contributed by atoms with Gasteiger partial charge >= 0.3 is 41.8 Å². The van der Waals surface area contributed by atoms with Crippen LogP contribution in [0, 0.1) is 0 Å². The third kappa shape index (κ3) is 11.9. The molecule has 5 unspecified atom stereocenters. The second kappa shape index (κ2) is 20.8. The van der Waals surface area contributed by atoms with E-state index < -0.39 is 127 Å². The molecule has 3 aliphatic heterocycles. The van der Waals surface area contributed by atoms with Crippen molar-refractivity contribution in [2.45, 2.75) is 129 Å². The van der Waals surface area contributed by atoms with Crippen molar-refractivity contribution in [3.8, 4) is 28.7 Å². The van der Waals surface area contributed by atoms with E-state index in [-0.39, 0.29) is 35.0 Å². The van der Waals surface area contributed by atoms with E-state index >= 15 is 0 Å². The van der Waals surface area contributed by atoms with Crippen molar-refractivity contribution in [1.82, 2.24) is 0 Å². The molecule has 2 aromatic carbocycles. The Hall–Kier alpha value is -6.52. The first-order valence-electron chi connectivity index (χ1n) is 19.7. The summed E-state index contributed by atoms with van der Waals surface area (Å²) in [5.74, 6) is -6.99. The number of carbonyl (C=O) groups is 8. The first kappa shape index (κ1) is 48.5. The topological polar surface area (TPSA) is 277 Å². The van der Waals surface area contributed by atoms with Crippen LogP contribution in [0.1, 0.15) is 83.8 Å². The van der Waals surface area contributed by atoms with E-state index in [9.17, 15) is 43.5 Å². The van der Waals surface area contributed by atoms with Crippen LogP contribution in [0.5, 0.6) is 28.7 Å². The highest BCUT2D eigenvalue weighted by atomic mass is 16.8. The number of esters is 7. The minimum absolute atomic E-state index is 0.0648. The number of fused-ring (bicyclic) bond motifs is 1. The molecule has 348 valence electrons. The van der Waals surface area contributed by atoms with Gasteiger partial charge in [0.2, 0.25) is 12.4 Å². The van der Waals surface area contributed by atoms with Crippen LogP contribution in [0.2, 0.25) is 0 Å². The lowest BCUT2D eigenvalue weighted by atomic mass is 9.95. The number of phenols is 1. The van der Waals surface area contributed by atoms with Gasteiger partial charge in [-0.3, -0.25) is 38.4 Å². The summed E-state index contributed by atoms with van der Waals surface area (Å²) in [6.45, 7) is 8.37. The number of hydrogen-bond donors (Lipinski definition) is 1. The van der Waals surface area contributed by atoms with Crippen molar-refractivity contribution in [1.29, 1.82) is 0 Å². The number of carbonyl (C=O) groups excluding carboxylic acids is 8. The zero-order valence-corrected chi connectivity index (χ0v) is 36.2. The highest BCUT2D eigenvalue weighted by Crippen LogP contribution is 2.44. The second-order valence-corrected chi connectivity index (χ2v) is 14.7. The molecule has 22 nitrogen and oxygen atoms in total. The molecule has 0 bridgehead atoms. The molecule has 11 atom stereocenters. The van der Waals surface area contributed by atoms with Crippen LogP contribution in [-0.4, -0.2) is 128 Å². The molecule has 22 heteroatoms. The number of ketones is 1. The van der Waals surface area contributed by atoms with E-state index in [1.165, 1.54) is 39.2 Å². The molecule has 5 rings (SSSR count). The summed E-state index contributed by atoms with van der Waals surface area (Å²) in [6.07, 6.45) is -16.3. The molecule has 0 spiro atoms. The third-order valence-electron chi connectivity index (χ3n) is 9.59. The number of Topliss-reactive ketones (excluding diaryl/α,β-unsaturated/α-hetero) is 1. The predicted octanol–water partition coefficient (Wildman–Crippen LogP) is 2.49. The van der Waals surface area contributed by atoms with Crippen molar-refractivity contribution >= 4 is 47.6 Å². The molecular weight excluding hydrogens is 856 g/mol. The van der Waals surface area contributed by atoms with E-state index in [2.05, 4.69) is 0 Å². The molecule has 64 heavy (non-hydrogen) atoms. The summed E-state index contributed by atoms with van der Waals surface area (Å²) in [5.41, 5.74) is 0.216. The van der Waals surface area contributed by atoms with Gasteiger partial charge in [-0.05, 0) is 24.6 Å². The Bertz CT molecular complexity index is 2130. The Labute approximate surface area is 365 Å². The van der Waals surface area contributed by atoms with E-state index in [0.717, 1.165) is 47.6 Å². The molecule has 2 saturated heterocycles. The second-order valence-electron chi connectivity index (χ2n) is 14.7. The highest BCUT2D eigenvalue weighted by molar-refractivity contribution is 6.02. The fraction of sp³-hybridized carbons (Fsp3) is 0.524. The SMILES string of the molecule is COc1ccc([C@@H]2CC(=O)c3c(O)cc(O[C@@H]4O[C@H](CO[C@@H]5OC(C)[C@H](OC(C)=O)C(OC(C)=O)C5OC(C)=O)C(OC(C)=O)[C@H](OC(C)=O)C4OC(C)=O)cc3O2)cc1OC(C)=O. The molecule has 3 heterocycles. The molecule has 0 saturated carbocycles. The van der Waals surface area contributed by atoms with Crippen molar-refractivity contribution in [2.75, 3.05) is 13.7 Å². The van der Waals surface area contributed by atoms with Crippen molar-refractivity contribution in [2.24, 2.45) is 0 Å². The van der Waals surface area contributed by atoms with Crippen molar-refractivity contribution < 1.29 is 105 Å². The normalized spacial score (nSPS) is 27.3. The summed E-state index contributed by atoms with van der Waals surface area (Å²) in [5, 5.41) is 11.1. The molecule has 0 radical (unpaired) electrons. The van der Waals surface area contributed by atoms with Gasteiger partial charge in [0, 0.05) is 60.6 Å². The minimum Gasteiger partial charge on any atom is -0.507 e. The summed E-state index contributed by atoms with van der Waals surface area (Å²) in [6, 6.07) is 6.86. The molecule has 0 amide bonds. The summed E-state index contributed by atoms with van der Waals surface area (Å²) < 4.78 is 74.1. The zero-order valence-electron chi connectivity index (χ0n) is 36.2. The molecule has 2 fully saturated rings. The largest absolute Gasteiger partial charge is 0.507 e. The maximum atomic E-state index is 13.4. The zero-order chi connectivity index (χ0) is 47.2. The van der Waals surface area contributed by atoms with Gasteiger partial charge < -0.3 is 66.7 Å². The van der Waals surface area contributed by atoms with Gasteiger partial charge in [-0.2, -0.15) is 0 Å². The van der Waals surface area contributed by atoms with Gasteiger partial charge in [-0.15, -0.1) is 0 Å². The Morgan fingerprint density at radius 3 is 1.73 bits per heavy atom. The van der Waals surface area contributed by atoms with Crippen LogP contribution in [0.3, 0.4) is 0 Å². The van der Waals surface area contributed by atoms with Gasteiger partial charge in [0.25, 0.3) is 0 Å². The predicted molar refractivity (Wildman–Crippen MR) is 208 cm³/mol. The number of hydrogen-bond acceptors (Lipinski definition) is 22. The number of aromatic hydroxyl groups is 1. The monoisotopic (exact) mass is 904 g/mol. The number of ether oxygens (including phenoxy) is 13. The van der Waals surface area contributed by atoms with E-state index in [0.29, 0.717) is 5.56 Å². The summed E-state index contributed by atoms with van der Waals surface area (Å²) >= 11 is 0. The number of phenolic OH excluding ortho intramolecular Hbond substituents is 1. The first-order valence-corrected chi connectivity index (χ1v) is 19.7. The van der Waals surface area contributed by atoms with Crippen LogP contribution >= 0.6 is 0 Å². The molecule has 1 N–H and O–H groups in total. The lowest BCUT2D eigenvalue weighted by Crippen LogP contribution is -2.64. The minimum atomic E-state index is -1.77. The molecule has 3 aliphatic rings. The number of methoxy groups -OCH3 is 1. The maximum absolute atomic E-state index is 13.4. The molecule has 2 aromatic rings. The lowest BCUT2D eigenvalue weighted by molar-refractivity contribution is -0.323. The standard InChI is InChI=1S/C42H48O22/c1-17-35(56-19(3)44)37(58-21(5)46)39(60-23(7)48)41(54-17)53-16-33-36(57-20(4)45)38(59-22(6)47)40(61-24(8)49)42(64-33)62-26-13-27(50)34-28(51)15-30(63-32(34)14-26)25-10-11-29(52-9)31(12-25)55-18(2)43/h10-14,17,30,33,35-42,50H,15-16H2,1-9H3/t17?,30-,33+,35-,36?,37?,38-,39?,40?,41+,42+/m0/s1. The van der Waals surface area contributed by atoms with Crippen molar-refractivity contribution in [3.05, 3.63) is 41.5 Å². The molecule has 0 aromatic heterocycles. The van der Waals surface area contributed by atoms with E-state index in [1.54, 1.807) is 6.07 Å². The average molecular weight is 905 g/mol. The van der Waals surface area contributed by atoms with Crippen LogP contribution in [0.25, 0.3) is 0 Å². The highest BCUT2D eigenvalue weighted by Gasteiger charge is 2.55. The quantitative estimate of drug-likeness (QED) is 0.162.